The minimum absolute atomic E-state index is 0.634. The van der Waals surface area contributed by atoms with Crippen LogP contribution in [0.5, 0.6) is 0 Å². The average Bonchev–Trinajstić information content (AvgIpc) is 3.08. The molecule has 14 atom stereocenters. The summed E-state index contributed by atoms with van der Waals surface area (Å²) in [4.78, 5) is 0. The van der Waals surface area contributed by atoms with E-state index in [1.807, 2.05) is 0 Å². The van der Waals surface area contributed by atoms with Crippen LogP contribution in [-0.2, 0) is 23.7 Å². The van der Waals surface area contributed by atoms with Gasteiger partial charge in [-0.2, -0.15) is 0 Å². The van der Waals surface area contributed by atoms with E-state index in [0.717, 1.165) is 0 Å². The molecular weight excluding hydrogens is 472 g/mol. The molecule has 0 aromatic heterocycles. The van der Waals surface area contributed by atoms with Gasteiger partial charge in [0.05, 0.1) is 19.8 Å². The zero-order valence-electron chi connectivity index (χ0n) is 17.8. The smallest absolute Gasteiger partial charge is 0.224 e. The van der Waals surface area contributed by atoms with Gasteiger partial charge >= 0.3 is 0 Å². The SMILES string of the molecule is OC[C@@H]1O[C@H](OC[C@@H]2O[C@H](O[C@]3(CO)O[C@@H](CO)[C@@H](O)[C@@H]3O)[C@H](O)[C@H](O)[C@@H]2O)[C@H](O)[C@@H](O)[C@H]1O. The van der Waals surface area contributed by atoms with Crippen molar-refractivity contribution in [3.63, 3.8) is 0 Å². The molecule has 0 aromatic rings. The highest BCUT2D eigenvalue weighted by Crippen LogP contribution is 2.36. The zero-order valence-corrected chi connectivity index (χ0v) is 17.8. The predicted octanol–water partition coefficient (Wildman–Crippen LogP) is -7.57. The minimum Gasteiger partial charge on any atom is -0.394 e. The molecule has 0 aliphatic carbocycles. The zero-order chi connectivity index (χ0) is 25.4. The van der Waals surface area contributed by atoms with E-state index in [4.69, 9.17) is 23.7 Å². The van der Waals surface area contributed by atoms with Crippen LogP contribution >= 0.6 is 0 Å². The van der Waals surface area contributed by atoms with Crippen molar-refractivity contribution < 1.29 is 79.9 Å². The lowest BCUT2D eigenvalue weighted by Crippen LogP contribution is -2.63. The van der Waals surface area contributed by atoms with E-state index in [0.29, 0.717) is 0 Å². The van der Waals surface area contributed by atoms with E-state index in [1.54, 1.807) is 0 Å². The summed E-state index contributed by atoms with van der Waals surface area (Å²) in [5.74, 6) is -2.36. The van der Waals surface area contributed by atoms with Gasteiger partial charge in [-0.25, -0.2) is 0 Å². The van der Waals surface area contributed by atoms with Crippen molar-refractivity contribution >= 4 is 0 Å². The molecular formula is C18H32O16. The van der Waals surface area contributed by atoms with Crippen molar-refractivity contribution in [1.82, 2.24) is 0 Å². The third-order valence-electron chi connectivity index (χ3n) is 6.16. The lowest BCUT2D eigenvalue weighted by molar-refractivity contribution is -0.388. The first kappa shape index (κ1) is 27.9. The van der Waals surface area contributed by atoms with Gasteiger partial charge in [0.1, 0.15) is 73.8 Å². The largest absolute Gasteiger partial charge is 0.394 e. The number of ether oxygens (including phenoxy) is 5. The van der Waals surface area contributed by atoms with Gasteiger partial charge in [-0.1, -0.05) is 0 Å². The molecule has 0 bridgehead atoms. The number of aliphatic hydroxyl groups excluding tert-OH is 11. The second-order valence-electron chi connectivity index (χ2n) is 8.41. The van der Waals surface area contributed by atoms with Crippen LogP contribution in [0.1, 0.15) is 0 Å². The molecule has 0 saturated carbocycles. The maximum Gasteiger partial charge on any atom is 0.224 e. The first-order valence-corrected chi connectivity index (χ1v) is 10.6. The standard InChI is InChI=1S/C18H32O16/c19-1-5-8(22)11(25)13(27)16(31-5)30-3-7-9(23)12(26)14(28)17(32-7)34-18(4-21)15(29)10(24)6(2-20)33-18/h5-17,19-29H,1-4H2/t5-,6-,7-,8-,9+,10+,11-,12+,13+,14+,15-,16-,17+,18-/m0/s1. The molecule has 3 heterocycles. The Morgan fingerprint density at radius 3 is 1.65 bits per heavy atom. The molecule has 200 valence electrons. The summed E-state index contributed by atoms with van der Waals surface area (Å²) < 4.78 is 26.4. The topological polar surface area (TPSA) is 269 Å². The molecule has 11 N–H and O–H groups in total. The molecule has 0 radical (unpaired) electrons. The van der Waals surface area contributed by atoms with Gasteiger partial charge in [0.25, 0.3) is 0 Å². The first-order chi connectivity index (χ1) is 16.0. The quantitative estimate of drug-likeness (QED) is 0.146. The molecule has 16 nitrogen and oxygen atoms in total. The Kier molecular flexibility index (Phi) is 9.18. The third-order valence-corrected chi connectivity index (χ3v) is 6.16. The van der Waals surface area contributed by atoms with E-state index in [1.165, 1.54) is 0 Å². The number of aliphatic hydroxyl groups is 11. The van der Waals surface area contributed by atoms with Crippen molar-refractivity contribution in [2.45, 2.75) is 85.5 Å². The van der Waals surface area contributed by atoms with Crippen LogP contribution in [0.15, 0.2) is 0 Å². The van der Waals surface area contributed by atoms with Gasteiger partial charge in [-0.15, -0.1) is 0 Å². The molecule has 34 heavy (non-hydrogen) atoms. The monoisotopic (exact) mass is 504 g/mol. The Labute approximate surface area is 192 Å². The number of hydrogen-bond donors (Lipinski definition) is 11. The van der Waals surface area contributed by atoms with Crippen LogP contribution in [-0.4, -0.2) is 168 Å². The molecule has 16 heteroatoms. The Morgan fingerprint density at radius 2 is 1.12 bits per heavy atom. The first-order valence-electron chi connectivity index (χ1n) is 10.6. The lowest BCUT2D eigenvalue weighted by atomic mass is 9.98. The van der Waals surface area contributed by atoms with E-state index in [2.05, 4.69) is 0 Å². The van der Waals surface area contributed by atoms with Crippen molar-refractivity contribution in [3.8, 4) is 0 Å². The highest BCUT2D eigenvalue weighted by atomic mass is 16.8. The van der Waals surface area contributed by atoms with E-state index >= 15 is 0 Å². The normalized spacial score (nSPS) is 52.1. The number of hydrogen-bond acceptors (Lipinski definition) is 16. The van der Waals surface area contributed by atoms with Gasteiger partial charge in [0.15, 0.2) is 12.6 Å². The number of rotatable bonds is 8. The Hall–Kier alpha value is -0.640. The molecule has 3 saturated heterocycles. The van der Waals surface area contributed by atoms with Gasteiger partial charge in [0, 0.05) is 0 Å². The van der Waals surface area contributed by atoms with Gasteiger partial charge < -0.3 is 79.9 Å². The highest BCUT2D eigenvalue weighted by molar-refractivity contribution is 4.98. The maximum atomic E-state index is 10.3. The fourth-order valence-electron chi connectivity index (χ4n) is 4.01. The second kappa shape index (κ2) is 11.2. The summed E-state index contributed by atoms with van der Waals surface area (Å²) in [7, 11) is 0. The summed E-state index contributed by atoms with van der Waals surface area (Å²) in [5, 5.41) is 109. The highest BCUT2D eigenvalue weighted by Gasteiger charge is 2.58. The summed E-state index contributed by atoms with van der Waals surface area (Å²) in [6, 6.07) is 0. The van der Waals surface area contributed by atoms with E-state index in [-0.39, 0.29) is 0 Å². The Balaban J connectivity index is 1.69. The summed E-state index contributed by atoms with van der Waals surface area (Å²) in [6.45, 7) is -3.14. The predicted molar refractivity (Wildman–Crippen MR) is 101 cm³/mol. The van der Waals surface area contributed by atoms with E-state index < -0.39 is 112 Å². The Morgan fingerprint density at radius 1 is 0.588 bits per heavy atom. The molecule has 0 unspecified atom stereocenters. The maximum absolute atomic E-state index is 10.3. The van der Waals surface area contributed by atoms with Crippen LogP contribution in [0, 0.1) is 0 Å². The molecule has 3 fully saturated rings. The van der Waals surface area contributed by atoms with E-state index in [9.17, 15) is 56.2 Å². The lowest BCUT2D eigenvalue weighted by Gasteiger charge is -2.44. The van der Waals surface area contributed by atoms with Crippen molar-refractivity contribution in [2.24, 2.45) is 0 Å². The molecule has 3 aliphatic heterocycles. The summed E-state index contributed by atoms with van der Waals surface area (Å²) >= 11 is 0. The molecule has 3 aliphatic rings. The van der Waals surface area contributed by atoms with Gasteiger partial charge in [-0.05, 0) is 0 Å². The van der Waals surface area contributed by atoms with Crippen LogP contribution < -0.4 is 0 Å². The third kappa shape index (κ3) is 5.09. The van der Waals surface area contributed by atoms with Crippen molar-refractivity contribution in [3.05, 3.63) is 0 Å². The Bertz CT molecular complexity index is 653. The fraction of sp³-hybridized carbons (Fsp3) is 1.00. The van der Waals surface area contributed by atoms with Crippen LogP contribution in [0.25, 0.3) is 0 Å². The molecule has 0 amide bonds. The van der Waals surface area contributed by atoms with Crippen LogP contribution in [0.2, 0.25) is 0 Å². The van der Waals surface area contributed by atoms with Crippen LogP contribution in [0.4, 0.5) is 0 Å². The van der Waals surface area contributed by atoms with Crippen molar-refractivity contribution in [2.75, 3.05) is 26.4 Å². The molecule has 0 aromatic carbocycles. The summed E-state index contributed by atoms with van der Waals surface area (Å²) in [5.41, 5.74) is 0. The summed E-state index contributed by atoms with van der Waals surface area (Å²) in [6.07, 6.45) is -21.8. The average molecular weight is 504 g/mol. The fourth-order valence-corrected chi connectivity index (χ4v) is 4.01. The minimum atomic E-state index is -2.36. The van der Waals surface area contributed by atoms with Crippen LogP contribution in [0.3, 0.4) is 0 Å². The van der Waals surface area contributed by atoms with Gasteiger partial charge in [0.2, 0.25) is 5.79 Å². The van der Waals surface area contributed by atoms with Crippen molar-refractivity contribution in [1.29, 1.82) is 0 Å². The van der Waals surface area contributed by atoms with Gasteiger partial charge in [-0.3, -0.25) is 0 Å². The second-order valence-corrected chi connectivity index (χ2v) is 8.41. The molecule has 3 rings (SSSR count). The molecule has 0 spiro atoms.